The number of aromatic hydroxyl groups is 2. The average molecular weight is 364 g/mol. The highest BCUT2D eigenvalue weighted by Crippen LogP contribution is 2.42. The van der Waals surface area contributed by atoms with Crippen molar-refractivity contribution in [2.45, 2.75) is 19.3 Å². The van der Waals surface area contributed by atoms with E-state index in [2.05, 4.69) is 0 Å². The normalized spacial score (nSPS) is 11.7. The van der Waals surface area contributed by atoms with Crippen molar-refractivity contribution in [1.29, 1.82) is 0 Å². The Morgan fingerprint density at radius 1 is 1.12 bits per heavy atom. The van der Waals surface area contributed by atoms with Gasteiger partial charge in [-0.1, -0.05) is 0 Å². The number of ether oxygens (including phenoxy) is 3. The smallest absolute Gasteiger partial charge is 0.343 e. The van der Waals surface area contributed by atoms with Crippen molar-refractivity contribution in [1.82, 2.24) is 0 Å². The molecule has 0 aliphatic carbocycles. The van der Waals surface area contributed by atoms with Crippen molar-refractivity contribution >= 4 is 5.97 Å². The van der Waals surface area contributed by atoms with Gasteiger partial charge in [0.1, 0.15) is 11.5 Å². The van der Waals surface area contributed by atoms with Crippen LogP contribution in [0, 0.1) is 6.92 Å². The standard InChI is InChI=1S/C18H20O8/c1-9-5-12(19)16(18(22)26-9)11(8-15(20)25-4)10-6-13(23-2)17(21)14(7-10)24-3/h5-7,11,19,21H,8H2,1-4H3/t11-/m0/s1. The molecular weight excluding hydrogens is 344 g/mol. The SMILES string of the molecule is COC(=O)C[C@@H](c1cc(OC)c(O)c(OC)c1)c1c(O)cc(C)oc1=O. The number of hydrogen-bond donors (Lipinski definition) is 2. The molecule has 2 rings (SSSR count). The van der Waals surface area contributed by atoms with Gasteiger partial charge in [0.15, 0.2) is 11.5 Å². The van der Waals surface area contributed by atoms with Gasteiger partial charge in [-0.15, -0.1) is 0 Å². The number of methoxy groups -OCH3 is 3. The minimum absolute atomic E-state index is 0.0882. The molecule has 0 radical (unpaired) electrons. The molecule has 0 bridgehead atoms. The van der Waals surface area contributed by atoms with E-state index in [9.17, 15) is 19.8 Å². The maximum absolute atomic E-state index is 12.3. The average Bonchev–Trinajstić information content (AvgIpc) is 2.60. The predicted molar refractivity (Wildman–Crippen MR) is 91.1 cm³/mol. The molecular formula is C18H20O8. The lowest BCUT2D eigenvalue weighted by molar-refractivity contribution is -0.140. The van der Waals surface area contributed by atoms with Crippen LogP contribution in [-0.4, -0.2) is 37.5 Å². The molecule has 0 fully saturated rings. The molecule has 0 amide bonds. The first-order chi connectivity index (χ1) is 12.3. The summed E-state index contributed by atoms with van der Waals surface area (Å²) < 4.78 is 20.0. The largest absolute Gasteiger partial charge is 0.507 e. The Balaban J connectivity index is 2.71. The van der Waals surface area contributed by atoms with Gasteiger partial charge in [-0.2, -0.15) is 0 Å². The van der Waals surface area contributed by atoms with Crippen LogP contribution in [0.3, 0.4) is 0 Å². The number of esters is 1. The Morgan fingerprint density at radius 3 is 2.15 bits per heavy atom. The number of hydrogen-bond acceptors (Lipinski definition) is 8. The van der Waals surface area contributed by atoms with E-state index in [1.807, 2.05) is 0 Å². The third-order valence-corrected chi connectivity index (χ3v) is 3.94. The van der Waals surface area contributed by atoms with Gasteiger partial charge in [-0.25, -0.2) is 4.79 Å². The van der Waals surface area contributed by atoms with E-state index >= 15 is 0 Å². The van der Waals surface area contributed by atoms with E-state index in [1.54, 1.807) is 0 Å². The van der Waals surface area contributed by atoms with Crippen LogP contribution in [0.2, 0.25) is 0 Å². The van der Waals surface area contributed by atoms with Crippen molar-refractivity contribution in [2.24, 2.45) is 0 Å². The molecule has 8 heteroatoms. The van der Waals surface area contributed by atoms with E-state index < -0.39 is 17.5 Å². The Hall–Kier alpha value is -3.16. The second-order valence-corrected chi connectivity index (χ2v) is 5.55. The van der Waals surface area contributed by atoms with Crippen LogP contribution in [0.25, 0.3) is 0 Å². The second kappa shape index (κ2) is 7.81. The van der Waals surface area contributed by atoms with E-state index in [1.165, 1.54) is 46.5 Å². The molecule has 1 aromatic carbocycles. The summed E-state index contributed by atoms with van der Waals surface area (Å²) in [6, 6.07) is 4.18. The lowest BCUT2D eigenvalue weighted by Crippen LogP contribution is -2.18. The molecule has 0 spiro atoms. The first-order valence-corrected chi connectivity index (χ1v) is 7.67. The molecule has 0 saturated carbocycles. The predicted octanol–water partition coefficient (Wildman–Crippen LogP) is 2.07. The van der Waals surface area contributed by atoms with E-state index in [0.29, 0.717) is 5.56 Å². The van der Waals surface area contributed by atoms with E-state index in [4.69, 9.17) is 18.6 Å². The molecule has 0 saturated heterocycles. The molecule has 140 valence electrons. The molecule has 1 aromatic heterocycles. The van der Waals surface area contributed by atoms with Gasteiger partial charge in [-0.05, 0) is 24.6 Å². The number of phenols is 1. The zero-order valence-electron chi connectivity index (χ0n) is 14.9. The summed E-state index contributed by atoms with van der Waals surface area (Å²) in [6.45, 7) is 1.52. The lowest BCUT2D eigenvalue weighted by atomic mass is 9.88. The Bertz CT molecular complexity index is 843. The highest BCUT2D eigenvalue weighted by Gasteiger charge is 2.28. The summed E-state index contributed by atoms with van der Waals surface area (Å²) in [7, 11) is 3.92. The Kier molecular flexibility index (Phi) is 5.76. The number of carbonyl (C=O) groups excluding carboxylic acids is 1. The van der Waals surface area contributed by atoms with Crippen LogP contribution < -0.4 is 15.1 Å². The van der Waals surface area contributed by atoms with Crippen molar-refractivity contribution in [2.75, 3.05) is 21.3 Å². The van der Waals surface area contributed by atoms with Crippen LogP contribution in [0.4, 0.5) is 0 Å². The van der Waals surface area contributed by atoms with Gasteiger partial charge in [0.05, 0.1) is 33.3 Å². The molecule has 26 heavy (non-hydrogen) atoms. The summed E-state index contributed by atoms with van der Waals surface area (Å²) in [5, 5.41) is 20.3. The minimum Gasteiger partial charge on any atom is -0.507 e. The molecule has 2 aromatic rings. The van der Waals surface area contributed by atoms with Crippen molar-refractivity contribution in [3.63, 3.8) is 0 Å². The van der Waals surface area contributed by atoms with E-state index in [0.717, 1.165) is 0 Å². The van der Waals surface area contributed by atoms with Crippen LogP contribution in [-0.2, 0) is 9.53 Å². The summed E-state index contributed by atoms with van der Waals surface area (Å²) in [4.78, 5) is 24.2. The van der Waals surface area contributed by atoms with Crippen molar-refractivity contribution < 1.29 is 33.6 Å². The van der Waals surface area contributed by atoms with Gasteiger partial charge in [0, 0.05) is 12.0 Å². The second-order valence-electron chi connectivity index (χ2n) is 5.55. The number of aryl methyl sites for hydroxylation is 1. The molecule has 1 atom stereocenters. The fourth-order valence-corrected chi connectivity index (χ4v) is 2.68. The number of rotatable bonds is 6. The highest BCUT2D eigenvalue weighted by molar-refractivity contribution is 5.72. The summed E-state index contributed by atoms with van der Waals surface area (Å²) in [6.07, 6.45) is -0.241. The van der Waals surface area contributed by atoms with Crippen molar-refractivity contribution in [3.8, 4) is 23.0 Å². The van der Waals surface area contributed by atoms with Crippen LogP contribution >= 0.6 is 0 Å². The van der Waals surface area contributed by atoms with Crippen LogP contribution in [0.1, 0.15) is 29.2 Å². The van der Waals surface area contributed by atoms with E-state index in [-0.39, 0.29) is 40.7 Å². The fourth-order valence-electron chi connectivity index (χ4n) is 2.68. The molecule has 0 aliphatic rings. The quantitative estimate of drug-likeness (QED) is 0.749. The molecule has 2 N–H and O–H groups in total. The van der Waals surface area contributed by atoms with Gasteiger partial charge >= 0.3 is 11.6 Å². The highest BCUT2D eigenvalue weighted by atomic mass is 16.5. The fraction of sp³-hybridized carbons (Fsp3) is 0.333. The monoisotopic (exact) mass is 364 g/mol. The van der Waals surface area contributed by atoms with Gasteiger partial charge < -0.3 is 28.8 Å². The lowest BCUT2D eigenvalue weighted by Gasteiger charge is -2.19. The number of carbonyl (C=O) groups is 1. The summed E-state index contributed by atoms with van der Waals surface area (Å²) >= 11 is 0. The zero-order valence-corrected chi connectivity index (χ0v) is 14.9. The molecule has 8 nitrogen and oxygen atoms in total. The molecule has 1 heterocycles. The van der Waals surface area contributed by atoms with Crippen LogP contribution in [0.5, 0.6) is 23.0 Å². The zero-order chi connectivity index (χ0) is 19.4. The number of benzene rings is 1. The van der Waals surface area contributed by atoms with Gasteiger partial charge in [-0.3, -0.25) is 4.79 Å². The third-order valence-electron chi connectivity index (χ3n) is 3.94. The minimum atomic E-state index is -0.900. The molecule has 0 unspecified atom stereocenters. The Labute approximate surface area is 149 Å². The van der Waals surface area contributed by atoms with Crippen LogP contribution in [0.15, 0.2) is 27.4 Å². The maximum atomic E-state index is 12.3. The van der Waals surface area contributed by atoms with Crippen molar-refractivity contribution in [3.05, 3.63) is 45.5 Å². The third kappa shape index (κ3) is 3.74. The van der Waals surface area contributed by atoms with Gasteiger partial charge in [0.25, 0.3) is 0 Å². The maximum Gasteiger partial charge on any atom is 0.343 e. The Morgan fingerprint density at radius 2 is 1.69 bits per heavy atom. The first-order valence-electron chi connectivity index (χ1n) is 7.67. The molecule has 0 aliphatic heterocycles. The van der Waals surface area contributed by atoms with Gasteiger partial charge in [0.2, 0.25) is 5.75 Å². The number of phenolic OH excluding ortho intramolecular Hbond substituents is 1. The summed E-state index contributed by atoms with van der Waals surface area (Å²) in [5.74, 6) is -1.62. The topological polar surface area (TPSA) is 115 Å². The first kappa shape index (κ1) is 19.2. The summed E-state index contributed by atoms with van der Waals surface area (Å²) in [5.41, 5.74) is -0.480.